The highest BCUT2D eigenvalue weighted by molar-refractivity contribution is 5.93. The molecule has 0 spiro atoms. The first-order valence-corrected chi connectivity index (χ1v) is 10.3. The quantitative estimate of drug-likeness (QED) is 0.785. The van der Waals surface area contributed by atoms with E-state index in [-0.39, 0.29) is 41.2 Å². The van der Waals surface area contributed by atoms with Crippen molar-refractivity contribution in [1.29, 1.82) is 0 Å². The average molecular weight is 392 g/mol. The topological polar surface area (TPSA) is 79.3 Å². The third-order valence-corrected chi connectivity index (χ3v) is 6.21. The van der Waals surface area contributed by atoms with E-state index in [4.69, 9.17) is 0 Å². The Kier molecular flexibility index (Phi) is 4.72. The number of Topliss-reactive ketones (excluding diaryl/α,β-unsaturated/α-hetero) is 1. The molecule has 0 atom stereocenters. The van der Waals surface area contributed by atoms with Crippen molar-refractivity contribution in [3.63, 3.8) is 0 Å². The molecule has 1 amide bonds. The van der Waals surface area contributed by atoms with Crippen LogP contribution in [-0.2, 0) is 23.1 Å². The number of nitrogens with one attached hydrogen (secondary N) is 1. The molecule has 3 aliphatic rings. The van der Waals surface area contributed by atoms with Crippen molar-refractivity contribution in [2.45, 2.75) is 63.8 Å². The van der Waals surface area contributed by atoms with Crippen LogP contribution in [0.25, 0.3) is 0 Å². The Morgan fingerprint density at radius 2 is 1.86 bits per heavy atom. The number of rotatable bonds is 6. The number of carbonyl (C=O) groups is 2. The average Bonchev–Trinajstić information content (AvgIpc) is 2.58. The van der Waals surface area contributed by atoms with Gasteiger partial charge in [0.2, 0.25) is 0 Å². The molecule has 29 heavy (non-hydrogen) atoms. The van der Waals surface area contributed by atoms with Crippen LogP contribution in [0.3, 0.4) is 0 Å². The highest BCUT2D eigenvalue weighted by atomic mass is 16.3. The molecule has 1 aromatic carbocycles. The van der Waals surface area contributed by atoms with Gasteiger partial charge >= 0.3 is 0 Å². The molecule has 3 fully saturated rings. The van der Waals surface area contributed by atoms with Gasteiger partial charge in [-0.3, -0.25) is 14.6 Å². The summed E-state index contributed by atoms with van der Waals surface area (Å²) in [6.45, 7) is 6.30. The number of amides is 1. The summed E-state index contributed by atoms with van der Waals surface area (Å²) in [5, 5.41) is 13.3. The zero-order chi connectivity index (χ0) is 20.8. The molecule has 0 saturated heterocycles. The molecule has 1 heterocycles. The van der Waals surface area contributed by atoms with E-state index in [0.29, 0.717) is 11.3 Å². The lowest BCUT2D eigenvalue weighted by molar-refractivity contribution is -0.117. The molecule has 5 rings (SSSR count). The Labute approximate surface area is 171 Å². The summed E-state index contributed by atoms with van der Waals surface area (Å²) in [6, 6.07) is 8.92. The van der Waals surface area contributed by atoms with Crippen molar-refractivity contribution in [2.75, 3.05) is 0 Å². The third kappa shape index (κ3) is 4.04. The van der Waals surface area contributed by atoms with Gasteiger partial charge in [-0.05, 0) is 59.9 Å². The van der Waals surface area contributed by atoms with Gasteiger partial charge in [-0.15, -0.1) is 0 Å². The fourth-order valence-corrected chi connectivity index (χ4v) is 4.34. The molecule has 5 heteroatoms. The van der Waals surface area contributed by atoms with Crippen molar-refractivity contribution >= 4 is 11.7 Å². The molecule has 0 unspecified atom stereocenters. The largest absolute Gasteiger partial charge is 0.508 e. The fraction of sp³-hybridized carbons (Fsp3) is 0.458. The summed E-state index contributed by atoms with van der Waals surface area (Å²) in [6.07, 6.45) is 5.17. The number of aromatic nitrogens is 1. The Balaban J connectivity index is 1.41. The SMILES string of the molecule is CC(C)(C)c1ccc(O)c(CC(=O)Cc2ccnc(C(=O)NC34CC(C3)C4)c2)c1. The van der Waals surface area contributed by atoms with Gasteiger partial charge < -0.3 is 10.4 Å². The van der Waals surface area contributed by atoms with Crippen molar-refractivity contribution in [2.24, 2.45) is 5.92 Å². The van der Waals surface area contributed by atoms with E-state index in [1.54, 1.807) is 24.4 Å². The molecule has 2 N–H and O–H groups in total. The van der Waals surface area contributed by atoms with Crippen LogP contribution in [0.5, 0.6) is 5.75 Å². The number of hydrogen-bond donors (Lipinski definition) is 2. The molecule has 3 saturated carbocycles. The van der Waals surface area contributed by atoms with Crippen LogP contribution in [0.1, 0.15) is 67.2 Å². The summed E-state index contributed by atoms with van der Waals surface area (Å²) >= 11 is 0. The molecular formula is C24H28N2O3. The van der Waals surface area contributed by atoms with Crippen molar-refractivity contribution in [3.05, 3.63) is 58.9 Å². The standard InChI is InChI=1S/C24H28N2O3/c1-23(2,3)18-4-5-21(28)17(10-18)11-19(27)8-15-6-7-25-20(9-15)22(29)26-24-12-16(13-24)14-24/h4-7,9-10,16,28H,8,11-14H2,1-3H3,(H,26,29). The van der Waals surface area contributed by atoms with Crippen LogP contribution >= 0.6 is 0 Å². The molecule has 0 aliphatic heterocycles. The lowest BCUT2D eigenvalue weighted by Crippen LogP contribution is -2.68. The Morgan fingerprint density at radius 1 is 1.14 bits per heavy atom. The highest BCUT2D eigenvalue weighted by Gasteiger charge is 2.57. The third-order valence-electron chi connectivity index (χ3n) is 6.21. The normalized spacial score (nSPS) is 22.4. The van der Waals surface area contributed by atoms with Crippen molar-refractivity contribution < 1.29 is 14.7 Å². The van der Waals surface area contributed by atoms with Gasteiger partial charge in [0.05, 0.1) is 0 Å². The van der Waals surface area contributed by atoms with Crippen LogP contribution in [0, 0.1) is 5.92 Å². The maximum atomic E-state index is 12.6. The van der Waals surface area contributed by atoms with Crippen LogP contribution in [0.2, 0.25) is 0 Å². The molecule has 0 radical (unpaired) electrons. The van der Waals surface area contributed by atoms with Crippen molar-refractivity contribution in [1.82, 2.24) is 10.3 Å². The molecule has 2 bridgehead atoms. The molecule has 5 nitrogen and oxygen atoms in total. The molecule has 2 aromatic rings. The van der Waals surface area contributed by atoms with Gasteiger partial charge in [0.25, 0.3) is 5.91 Å². The number of benzene rings is 1. The van der Waals surface area contributed by atoms with E-state index in [0.717, 1.165) is 36.3 Å². The van der Waals surface area contributed by atoms with E-state index >= 15 is 0 Å². The lowest BCUT2D eigenvalue weighted by atomic mass is 9.50. The first kappa shape index (κ1) is 19.6. The van der Waals surface area contributed by atoms with Gasteiger partial charge in [-0.2, -0.15) is 0 Å². The summed E-state index contributed by atoms with van der Waals surface area (Å²) in [5.41, 5.74) is 2.79. The minimum atomic E-state index is -0.159. The molecule has 152 valence electrons. The second-order valence-electron chi connectivity index (χ2n) is 9.75. The van der Waals surface area contributed by atoms with Gasteiger partial charge in [-0.25, -0.2) is 0 Å². The Bertz CT molecular complexity index is 957. The number of phenolic OH excluding ortho intramolecular Hbond substituents is 1. The number of pyridine rings is 1. The second kappa shape index (κ2) is 6.97. The van der Waals surface area contributed by atoms with Gasteiger partial charge in [0.15, 0.2) is 0 Å². The van der Waals surface area contributed by atoms with Gasteiger partial charge in [-0.1, -0.05) is 32.9 Å². The van der Waals surface area contributed by atoms with Crippen molar-refractivity contribution in [3.8, 4) is 5.75 Å². The maximum Gasteiger partial charge on any atom is 0.270 e. The molecular weight excluding hydrogens is 364 g/mol. The first-order valence-electron chi connectivity index (χ1n) is 10.3. The van der Waals surface area contributed by atoms with Crippen LogP contribution in [0.4, 0.5) is 0 Å². The van der Waals surface area contributed by atoms with Crippen LogP contribution in [0.15, 0.2) is 36.5 Å². The van der Waals surface area contributed by atoms with E-state index < -0.39 is 0 Å². The van der Waals surface area contributed by atoms with E-state index in [1.807, 2.05) is 12.1 Å². The van der Waals surface area contributed by atoms with Gasteiger partial charge in [0, 0.05) is 30.1 Å². The monoisotopic (exact) mass is 392 g/mol. The number of nitrogens with zero attached hydrogens (tertiary/aromatic N) is 1. The predicted octanol–water partition coefficient (Wildman–Crippen LogP) is 3.72. The van der Waals surface area contributed by atoms with Crippen LogP contribution < -0.4 is 5.32 Å². The number of ketones is 1. The molecule has 3 aliphatic carbocycles. The lowest BCUT2D eigenvalue weighted by Gasteiger charge is -2.61. The molecule has 1 aromatic heterocycles. The number of carbonyl (C=O) groups excluding carboxylic acids is 2. The number of phenols is 1. The smallest absolute Gasteiger partial charge is 0.270 e. The van der Waals surface area contributed by atoms with E-state index in [1.165, 1.54) is 0 Å². The van der Waals surface area contributed by atoms with E-state index in [2.05, 4.69) is 31.1 Å². The number of aromatic hydroxyl groups is 1. The predicted molar refractivity (Wildman–Crippen MR) is 111 cm³/mol. The zero-order valence-corrected chi connectivity index (χ0v) is 17.3. The maximum absolute atomic E-state index is 12.6. The van der Waals surface area contributed by atoms with Gasteiger partial charge in [0.1, 0.15) is 17.2 Å². The fourth-order valence-electron chi connectivity index (χ4n) is 4.34. The zero-order valence-electron chi connectivity index (χ0n) is 17.3. The Hall–Kier alpha value is -2.69. The summed E-state index contributed by atoms with van der Waals surface area (Å²) < 4.78 is 0. The highest BCUT2D eigenvalue weighted by Crippen LogP contribution is 2.56. The summed E-state index contributed by atoms with van der Waals surface area (Å²) in [7, 11) is 0. The van der Waals surface area contributed by atoms with E-state index in [9.17, 15) is 14.7 Å². The van der Waals surface area contributed by atoms with Crippen LogP contribution in [-0.4, -0.2) is 27.3 Å². The minimum Gasteiger partial charge on any atom is -0.508 e. The second-order valence-corrected chi connectivity index (χ2v) is 9.75. The summed E-state index contributed by atoms with van der Waals surface area (Å²) in [4.78, 5) is 29.3. The minimum absolute atomic E-state index is 0.00481. The summed E-state index contributed by atoms with van der Waals surface area (Å²) in [5.74, 6) is 0.761. The first-order chi connectivity index (χ1) is 13.6. The number of hydrogen-bond acceptors (Lipinski definition) is 4. The Morgan fingerprint density at radius 3 is 2.48 bits per heavy atom.